The fourth-order valence-corrected chi connectivity index (χ4v) is 3.72. The molecule has 0 saturated heterocycles. The Balaban J connectivity index is 1.56. The van der Waals surface area contributed by atoms with Crippen LogP contribution in [0, 0.1) is 14.9 Å². The van der Waals surface area contributed by atoms with E-state index < -0.39 is 4.92 Å². The molecule has 10 heteroatoms. The zero-order valence-corrected chi connectivity index (χ0v) is 16.1. The van der Waals surface area contributed by atoms with Gasteiger partial charge in [-0.3, -0.25) is 24.8 Å². The van der Waals surface area contributed by atoms with Crippen molar-refractivity contribution in [2.45, 2.75) is 19.5 Å². The maximum absolute atomic E-state index is 12.1. The summed E-state index contributed by atoms with van der Waals surface area (Å²) in [6.45, 7) is 1.68. The molecule has 2 N–H and O–H groups in total. The molecule has 3 heterocycles. The molecular weight excluding hydrogens is 404 g/mol. The van der Waals surface area contributed by atoms with E-state index in [1.54, 1.807) is 24.3 Å². The second-order valence-corrected chi connectivity index (χ2v) is 7.36. The van der Waals surface area contributed by atoms with Crippen LogP contribution in [0.4, 0.5) is 5.69 Å². The number of hydrogen-bond donors (Lipinski definition) is 2. The highest BCUT2D eigenvalue weighted by Crippen LogP contribution is 2.33. The third kappa shape index (κ3) is 3.64. The van der Waals surface area contributed by atoms with Crippen LogP contribution in [-0.4, -0.2) is 26.3 Å². The Morgan fingerprint density at radius 2 is 2.11 bits per heavy atom. The molecule has 2 aromatic heterocycles. The van der Waals surface area contributed by atoms with Crippen molar-refractivity contribution in [1.82, 2.24) is 14.9 Å². The van der Waals surface area contributed by atoms with Crippen LogP contribution in [0.1, 0.15) is 17.0 Å². The molecule has 0 fully saturated rings. The van der Waals surface area contributed by atoms with Crippen LogP contribution in [0.3, 0.4) is 0 Å². The van der Waals surface area contributed by atoms with Gasteiger partial charge in [0.25, 0.3) is 11.2 Å². The SMILES string of the molecule is O=c1[nH]c(=S)[nH]c2c1CN(Cc1ccc(-c3ccc(Cl)cc3[N+](=O)[O-])o1)CC2. The number of nitrogens with one attached hydrogen (secondary N) is 2. The molecule has 1 aromatic carbocycles. The molecule has 0 radical (unpaired) electrons. The minimum absolute atomic E-state index is 0.109. The van der Waals surface area contributed by atoms with Gasteiger partial charge < -0.3 is 9.40 Å². The van der Waals surface area contributed by atoms with Gasteiger partial charge in [0.2, 0.25) is 0 Å². The monoisotopic (exact) mass is 418 g/mol. The number of nitro groups is 1. The Morgan fingerprint density at radius 3 is 2.89 bits per heavy atom. The molecule has 0 atom stereocenters. The molecule has 0 saturated carbocycles. The number of rotatable bonds is 4. The smallest absolute Gasteiger partial charge is 0.281 e. The predicted molar refractivity (Wildman–Crippen MR) is 106 cm³/mol. The lowest BCUT2D eigenvalue weighted by Crippen LogP contribution is -2.35. The zero-order chi connectivity index (χ0) is 19.8. The summed E-state index contributed by atoms with van der Waals surface area (Å²) in [6, 6.07) is 7.95. The van der Waals surface area contributed by atoms with E-state index in [1.165, 1.54) is 6.07 Å². The minimum atomic E-state index is -0.485. The van der Waals surface area contributed by atoms with E-state index in [-0.39, 0.29) is 11.2 Å². The van der Waals surface area contributed by atoms with Crippen molar-refractivity contribution < 1.29 is 9.34 Å². The van der Waals surface area contributed by atoms with Gasteiger partial charge in [-0.25, -0.2) is 0 Å². The highest BCUT2D eigenvalue weighted by molar-refractivity contribution is 7.71. The molecule has 1 aliphatic heterocycles. The van der Waals surface area contributed by atoms with Crippen LogP contribution < -0.4 is 5.56 Å². The third-order valence-corrected chi connectivity index (χ3v) is 5.09. The summed E-state index contributed by atoms with van der Waals surface area (Å²) in [5.41, 5.74) is 1.61. The summed E-state index contributed by atoms with van der Waals surface area (Å²) < 4.78 is 6.17. The lowest BCUT2D eigenvalue weighted by atomic mass is 10.1. The summed E-state index contributed by atoms with van der Waals surface area (Å²) in [5, 5.41) is 11.6. The maximum atomic E-state index is 12.1. The molecule has 0 bridgehead atoms. The van der Waals surface area contributed by atoms with Crippen molar-refractivity contribution in [2.24, 2.45) is 0 Å². The van der Waals surface area contributed by atoms with Gasteiger partial charge >= 0.3 is 0 Å². The highest BCUT2D eigenvalue weighted by atomic mass is 35.5. The normalized spacial score (nSPS) is 14.0. The van der Waals surface area contributed by atoms with E-state index in [2.05, 4.69) is 14.9 Å². The Labute approximate surface area is 168 Å². The lowest BCUT2D eigenvalue weighted by molar-refractivity contribution is -0.384. The van der Waals surface area contributed by atoms with Gasteiger partial charge in [-0.2, -0.15) is 0 Å². The van der Waals surface area contributed by atoms with Gasteiger partial charge in [0, 0.05) is 36.3 Å². The Bertz CT molecular complexity index is 1180. The number of aromatic amines is 2. The number of nitrogens with zero attached hydrogens (tertiary/aromatic N) is 2. The first-order valence-corrected chi connectivity index (χ1v) is 9.29. The number of H-pyrrole nitrogens is 2. The average molecular weight is 419 g/mol. The van der Waals surface area contributed by atoms with Crippen LogP contribution in [-0.2, 0) is 19.5 Å². The molecule has 28 heavy (non-hydrogen) atoms. The standard InChI is InChI=1S/C18H15ClN4O4S/c19-10-1-3-12(15(7-10)23(25)26)16-4-2-11(27-16)8-22-6-5-14-13(9-22)17(24)21-18(28)20-14/h1-4,7H,5-6,8-9H2,(H2,20,21,24,28). The first-order chi connectivity index (χ1) is 13.4. The van der Waals surface area contributed by atoms with Crippen molar-refractivity contribution in [3.05, 3.63) is 77.6 Å². The predicted octanol–water partition coefficient (Wildman–Crippen LogP) is 3.81. The van der Waals surface area contributed by atoms with Gasteiger partial charge in [-0.15, -0.1) is 0 Å². The number of halogens is 1. The first kappa shape index (κ1) is 18.6. The lowest BCUT2D eigenvalue weighted by Gasteiger charge is -2.26. The van der Waals surface area contributed by atoms with Crippen LogP contribution in [0.5, 0.6) is 0 Å². The molecule has 1 aliphatic rings. The van der Waals surface area contributed by atoms with Crippen LogP contribution in [0.2, 0.25) is 5.02 Å². The molecule has 0 aliphatic carbocycles. The quantitative estimate of drug-likeness (QED) is 0.379. The number of benzene rings is 1. The first-order valence-electron chi connectivity index (χ1n) is 8.50. The molecule has 0 spiro atoms. The number of aromatic nitrogens is 2. The fraction of sp³-hybridized carbons (Fsp3) is 0.222. The third-order valence-electron chi connectivity index (χ3n) is 4.65. The van der Waals surface area contributed by atoms with E-state index >= 15 is 0 Å². The van der Waals surface area contributed by atoms with E-state index in [9.17, 15) is 14.9 Å². The van der Waals surface area contributed by atoms with Crippen LogP contribution >= 0.6 is 23.8 Å². The fourth-order valence-electron chi connectivity index (χ4n) is 3.34. The van der Waals surface area contributed by atoms with Gasteiger partial charge in [0.1, 0.15) is 11.5 Å². The summed E-state index contributed by atoms with van der Waals surface area (Å²) in [6.07, 6.45) is 0.680. The number of nitro benzene ring substituents is 1. The Morgan fingerprint density at radius 1 is 1.29 bits per heavy atom. The van der Waals surface area contributed by atoms with E-state index in [1.807, 2.05) is 0 Å². The van der Waals surface area contributed by atoms with Gasteiger partial charge in [0.15, 0.2) is 4.77 Å². The van der Waals surface area contributed by atoms with Crippen molar-refractivity contribution in [1.29, 1.82) is 0 Å². The van der Waals surface area contributed by atoms with Crippen molar-refractivity contribution in [2.75, 3.05) is 6.54 Å². The molecular formula is C18H15ClN4O4S. The maximum Gasteiger partial charge on any atom is 0.281 e. The van der Waals surface area contributed by atoms with Crippen molar-refractivity contribution >= 4 is 29.5 Å². The number of furan rings is 1. The number of fused-ring (bicyclic) bond motifs is 1. The van der Waals surface area contributed by atoms with Crippen LogP contribution in [0.15, 0.2) is 39.5 Å². The second-order valence-electron chi connectivity index (χ2n) is 6.51. The largest absolute Gasteiger partial charge is 0.459 e. The van der Waals surface area contributed by atoms with E-state index in [0.717, 1.165) is 12.2 Å². The van der Waals surface area contributed by atoms with Crippen molar-refractivity contribution in [3.8, 4) is 11.3 Å². The molecule has 8 nitrogen and oxygen atoms in total. The second kappa shape index (κ2) is 7.34. The topological polar surface area (TPSA) is 108 Å². The summed E-state index contributed by atoms with van der Waals surface area (Å²) >= 11 is 10.9. The highest BCUT2D eigenvalue weighted by Gasteiger charge is 2.22. The molecule has 0 amide bonds. The molecule has 0 unspecified atom stereocenters. The summed E-state index contributed by atoms with van der Waals surface area (Å²) in [5.74, 6) is 1.06. The van der Waals surface area contributed by atoms with Gasteiger partial charge in [-0.05, 0) is 36.5 Å². The van der Waals surface area contributed by atoms with Crippen molar-refractivity contribution in [3.63, 3.8) is 0 Å². The van der Waals surface area contributed by atoms with E-state index in [4.69, 9.17) is 28.2 Å². The van der Waals surface area contributed by atoms with Crippen LogP contribution in [0.25, 0.3) is 11.3 Å². The zero-order valence-electron chi connectivity index (χ0n) is 14.5. The Kier molecular flexibility index (Phi) is 4.88. The number of hydrogen-bond acceptors (Lipinski definition) is 6. The van der Waals surface area contributed by atoms with E-state index in [0.29, 0.717) is 52.0 Å². The summed E-state index contributed by atoms with van der Waals surface area (Å²) in [4.78, 5) is 30.7. The Hall–Kier alpha value is -2.75. The molecule has 4 rings (SSSR count). The minimum Gasteiger partial charge on any atom is -0.459 e. The average Bonchev–Trinajstić information content (AvgIpc) is 3.10. The molecule has 3 aromatic rings. The molecule has 144 valence electrons. The van der Waals surface area contributed by atoms with Gasteiger partial charge in [-0.1, -0.05) is 11.6 Å². The van der Waals surface area contributed by atoms with Gasteiger partial charge in [0.05, 0.1) is 22.6 Å². The summed E-state index contributed by atoms with van der Waals surface area (Å²) in [7, 11) is 0.